The first-order chi connectivity index (χ1) is 6.06. The molecule has 0 aromatic heterocycles. The van der Waals surface area contributed by atoms with E-state index in [4.69, 9.17) is 0 Å². The molecule has 0 saturated carbocycles. The molecule has 2 unspecified atom stereocenters. The highest BCUT2D eigenvalue weighted by atomic mass is 32.2. The number of nitrogens with zero attached hydrogens (tertiary/aromatic N) is 1. The van der Waals surface area contributed by atoms with Gasteiger partial charge in [0.1, 0.15) is 5.78 Å². The number of thioether (sulfide) groups is 1. The summed E-state index contributed by atoms with van der Waals surface area (Å²) in [6, 6.07) is 0. The number of hydrogen-bond donors (Lipinski definition) is 1. The van der Waals surface area contributed by atoms with Crippen LogP contribution in [-0.4, -0.2) is 39.7 Å². The normalized spacial score (nSPS) is 36.8. The summed E-state index contributed by atoms with van der Waals surface area (Å²) in [5.74, 6) is -0.182. The summed E-state index contributed by atoms with van der Waals surface area (Å²) >= 11 is 1.54. The first-order valence-corrected chi connectivity index (χ1v) is 6.57. The van der Waals surface area contributed by atoms with Crippen LogP contribution in [0, 0.1) is 0 Å². The number of carbonyl (C=O) groups is 1. The van der Waals surface area contributed by atoms with Gasteiger partial charge in [-0.15, -0.1) is 11.8 Å². The van der Waals surface area contributed by atoms with Gasteiger partial charge < -0.3 is 14.3 Å². The molecule has 2 aliphatic heterocycles. The summed E-state index contributed by atoms with van der Waals surface area (Å²) in [6.07, 6.45) is 0.491. The van der Waals surface area contributed by atoms with Crippen LogP contribution in [0.3, 0.4) is 0 Å². The smallest absolute Gasteiger partial charge is 0.323 e. The summed E-state index contributed by atoms with van der Waals surface area (Å²) in [5.41, 5.74) is 0. The molecular weight excluding hydrogens is 213 g/mol. The molecule has 13 heavy (non-hydrogen) atoms. The predicted octanol–water partition coefficient (Wildman–Crippen LogP) is 0.449. The Labute approximate surface area is 80.0 Å². The molecule has 5 nitrogen and oxygen atoms in total. The van der Waals surface area contributed by atoms with E-state index < -0.39 is 13.4 Å². The zero-order valence-electron chi connectivity index (χ0n) is 7.04. The van der Waals surface area contributed by atoms with Gasteiger partial charge in [0.15, 0.2) is 0 Å². The lowest BCUT2D eigenvalue weighted by Crippen LogP contribution is -2.51. The molecule has 0 aliphatic carbocycles. The molecule has 3 atom stereocenters. The number of β-lactam (4-membered cyclic amide) rings is 1. The van der Waals surface area contributed by atoms with Crippen molar-refractivity contribution in [3.05, 3.63) is 0 Å². The van der Waals surface area contributed by atoms with Gasteiger partial charge >= 0.3 is 7.60 Å². The average molecular weight is 223 g/mol. The SMILES string of the molecule is COP(=O)(O)C1CS[C@@H]2CC(=O)N12. The Bertz CT molecular complexity index is 296. The molecule has 7 heteroatoms. The average Bonchev–Trinajstić information content (AvgIpc) is 2.42. The highest BCUT2D eigenvalue weighted by Gasteiger charge is 2.53. The molecule has 0 radical (unpaired) electrons. The van der Waals surface area contributed by atoms with Crippen molar-refractivity contribution in [2.75, 3.05) is 12.9 Å². The monoisotopic (exact) mass is 223 g/mol. The Morgan fingerprint density at radius 2 is 2.46 bits per heavy atom. The van der Waals surface area contributed by atoms with Crippen molar-refractivity contribution in [1.29, 1.82) is 0 Å². The van der Waals surface area contributed by atoms with Crippen molar-refractivity contribution < 1.29 is 18.8 Å². The number of fused-ring (bicyclic) bond motifs is 1. The topological polar surface area (TPSA) is 66.8 Å². The second-order valence-corrected chi connectivity index (χ2v) is 6.32. The van der Waals surface area contributed by atoms with Gasteiger partial charge in [-0.1, -0.05) is 0 Å². The summed E-state index contributed by atoms with van der Waals surface area (Å²) in [5, 5.41) is 0.105. The van der Waals surface area contributed by atoms with E-state index >= 15 is 0 Å². The highest BCUT2D eigenvalue weighted by molar-refractivity contribution is 8.00. The van der Waals surface area contributed by atoms with E-state index in [-0.39, 0.29) is 11.3 Å². The van der Waals surface area contributed by atoms with Crippen LogP contribution in [0.15, 0.2) is 0 Å². The highest BCUT2D eigenvalue weighted by Crippen LogP contribution is 2.56. The zero-order chi connectivity index (χ0) is 9.64. The third-order valence-corrected chi connectivity index (χ3v) is 5.59. The van der Waals surface area contributed by atoms with Crippen LogP contribution in [-0.2, 0) is 13.9 Å². The van der Waals surface area contributed by atoms with Crippen LogP contribution in [0.2, 0.25) is 0 Å². The van der Waals surface area contributed by atoms with E-state index in [1.807, 2.05) is 0 Å². The maximum Gasteiger partial charge on any atom is 0.351 e. The van der Waals surface area contributed by atoms with Gasteiger partial charge in [-0.3, -0.25) is 9.36 Å². The lowest BCUT2D eigenvalue weighted by atomic mass is 10.2. The van der Waals surface area contributed by atoms with Crippen LogP contribution in [0.5, 0.6) is 0 Å². The van der Waals surface area contributed by atoms with Crippen molar-refractivity contribution in [1.82, 2.24) is 4.90 Å². The Morgan fingerprint density at radius 3 is 3.00 bits per heavy atom. The molecule has 1 N–H and O–H groups in total. The Balaban J connectivity index is 2.17. The standard InChI is InChI=1S/C6H10NO4PS/c1-11-12(9,10)5-3-13-6-2-4(8)7(5)6/h5-6H,2-3H2,1H3,(H,9,10)/t5?,6-/m1/s1. The quantitative estimate of drug-likeness (QED) is 0.543. The number of carbonyl (C=O) groups excluding carboxylic acids is 1. The minimum absolute atomic E-state index is 0.0497. The molecule has 0 bridgehead atoms. The van der Waals surface area contributed by atoms with Crippen molar-refractivity contribution >= 4 is 25.3 Å². The third-order valence-electron chi connectivity index (χ3n) is 2.34. The van der Waals surface area contributed by atoms with Crippen molar-refractivity contribution in [3.8, 4) is 0 Å². The van der Waals surface area contributed by atoms with Gasteiger partial charge in [0.05, 0.1) is 11.8 Å². The molecule has 2 rings (SSSR count). The van der Waals surface area contributed by atoms with Crippen LogP contribution in [0.4, 0.5) is 0 Å². The molecule has 2 aliphatic rings. The van der Waals surface area contributed by atoms with E-state index in [0.29, 0.717) is 12.2 Å². The first-order valence-electron chi connectivity index (χ1n) is 3.87. The molecule has 2 heterocycles. The van der Waals surface area contributed by atoms with Crippen LogP contribution < -0.4 is 0 Å². The van der Waals surface area contributed by atoms with Crippen molar-refractivity contribution in [3.63, 3.8) is 0 Å². The third kappa shape index (κ3) is 1.32. The number of hydrogen-bond acceptors (Lipinski definition) is 4. The fourth-order valence-corrected chi connectivity index (χ4v) is 4.74. The molecule has 0 spiro atoms. The van der Waals surface area contributed by atoms with E-state index in [2.05, 4.69) is 4.52 Å². The second-order valence-electron chi connectivity index (χ2n) is 3.02. The Kier molecular flexibility index (Phi) is 2.19. The summed E-state index contributed by atoms with van der Waals surface area (Å²) in [6.45, 7) is 0. The van der Waals surface area contributed by atoms with E-state index in [9.17, 15) is 14.3 Å². The molecule has 2 saturated heterocycles. The predicted molar refractivity (Wildman–Crippen MR) is 48.3 cm³/mol. The maximum absolute atomic E-state index is 11.4. The lowest BCUT2D eigenvalue weighted by Gasteiger charge is -2.37. The Hall–Kier alpha value is -0.0300. The molecule has 74 valence electrons. The molecule has 1 amide bonds. The van der Waals surface area contributed by atoms with Crippen LogP contribution in [0.1, 0.15) is 6.42 Å². The van der Waals surface area contributed by atoms with Crippen LogP contribution >= 0.6 is 19.4 Å². The lowest BCUT2D eigenvalue weighted by molar-refractivity contribution is -0.141. The molecular formula is C6H10NO4PS. The number of amides is 1. The summed E-state index contributed by atoms with van der Waals surface area (Å²) in [4.78, 5) is 22.0. The minimum Gasteiger partial charge on any atom is -0.323 e. The largest absolute Gasteiger partial charge is 0.351 e. The van der Waals surface area contributed by atoms with Gasteiger partial charge in [-0.2, -0.15) is 0 Å². The van der Waals surface area contributed by atoms with E-state index in [1.54, 1.807) is 0 Å². The summed E-state index contributed by atoms with van der Waals surface area (Å²) < 4.78 is 16.0. The zero-order valence-corrected chi connectivity index (χ0v) is 8.75. The Morgan fingerprint density at radius 1 is 1.77 bits per heavy atom. The summed E-state index contributed by atoms with van der Waals surface area (Å²) in [7, 11) is -2.42. The molecule has 2 fully saturated rings. The van der Waals surface area contributed by atoms with Gasteiger partial charge in [-0.25, -0.2) is 0 Å². The van der Waals surface area contributed by atoms with Crippen molar-refractivity contribution in [2.24, 2.45) is 0 Å². The fourth-order valence-electron chi connectivity index (χ4n) is 1.55. The van der Waals surface area contributed by atoms with Crippen LogP contribution in [0.25, 0.3) is 0 Å². The molecule has 0 aromatic carbocycles. The van der Waals surface area contributed by atoms with E-state index in [0.717, 1.165) is 0 Å². The van der Waals surface area contributed by atoms with Crippen molar-refractivity contribution in [2.45, 2.75) is 17.6 Å². The minimum atomic E-state index is -3.62. The maximum atomic E-state index is 11.4. The van der Waals surface area contributed by atoms with Gasteiger partial charge in [-0.05, 0) is 0 Å². The van der Waals surface area contributed by atoms with E-state index in [1.165, 1.54) is 23.8 Å². The second kappa shape index (κ2) is 2.98. The van der Waals surface area contributed by atoms with Gasteiger partial charge in [0, 0.05) is 12.9 Å². The van der Waals surface area contributed by atoms with Gasteiger partial charge in [0.25, 0.3) is 0 Å². The first kappa shape index (κ1) is 9.52. The number of rotatable bonds is 2. The fraction of sp³-hybridized carbons (Fsp3) is 0.833. The molecule has 0 aromatic rings. The van der Waals surface area contributed by atoms with Gasteiger partial charge in [0.2, 0.25) is 5.91 Å².